The second-order valence-electron chi connectivity index (χ2n) is 5.07. The maximum atomic E-state index is 12.2. The number of ether oxygens (including phenoxy) is 2. The van der Waals surface area contributed by atoms with E-state index in [0.717, 1.165) is 5.56 Å². The SMILES string of the molecule is COc1ccc(/C=C/C(=O)c2ccc(NC(C)=O)cc2)cc1OC. The molecule has 0 atom stereocenters. The van der Waals surface area contributed by atoms with E-state index < -0.39 is 0 Å². The summed E-state index contributed by atoms with van der Waals surface area (Å²) in [6, 6.07) is 12.1. The Balaban J connectivity index is 2.11. The molecule has 2 rings (SSSR count). The van der Waals surface area contributed by atoms with Gasteiger partial charge in [0.25, 0.3) is 0 Å². The van der Waals surface area contributed by atoms with Gasteiger partial charge >= 0.3 is 0 Å². The van der Waals surface area contributed by atoms with Crippen molar-refractivity contribution in [2.45, 2.75) is 6.92 Å². The number of methoxy groups -OCH3 is 2. The van der Waals surface area contributed by atoms with E-state index in [1.807, 2.05) is 6.07 Å². The van der Waals surface area contributed by atoms with Gasteiger partial charge in [-0.15, -0.1) is 0 Å². The molecule has 0 bridgehead atoms. The molecule has 0 radical (unpaired) electrons. The van der Waals surface area contributed by atoms with Crippen molar-refractivity contribution >= 4 is 23.5 Å². The third-order valence-corrected chi connectivity index (χ3v) is 3.32. The molecule has 0 fully saturated rings. The minimum absolute atomic E-state index is 0.126. The maximum Gasteiger partial charge on any atom is 0.221 e. The fourth-order valence-corrected chi connectivity index (χ4v) is 2.15. The van der Waals surface area contributed by atoms with Gasteiger partial charge in [-0.05, 0) is 48.0 Å². The average molecular weight is 325 g/mol. The lowest BCUT2D eigenvalue weighted by Gasteiger charge is -2.07. The summed E-state index contributed by atoms with van der Waals surface area (Å²) in [5, 5.41) is 2.66. The molecule has 2 aromatic rings. The van der Waals surface area contributed by atoms with Crippen molar-refractivity contribution in [2.24, 2.45) is 0 Å². The van der Waals surface area contributed by atoms with Crippen LogP contribution in [-0.4, -0.2) is 25.9 Å². The first-order valence-electron chi connectivity index (χ1n) is 7.35. The first kappa shape index (κ1) is 17.3. The van der Waals surface area contributed by atoms with Gasteiger partial charge in [-0.2, -0.15) is 0 Å². The molecule has 1 N–H and O–H groups in total. The molecule has 0 spiro atoms. The van der Waals surface area contributed by atoms with Gasteiger partial charge in [0.15, 0.2) is 17.3 Å². The number of hydrogen-bond donors (Lipinski definition) is 1. The van der Waals surface area contributed by atoms with E-state index >= 15 is 0 Å². The Morgan fingerprint density at radius 1 is 0.958 bits per heavy atom. The molecule has 0 unspecified atom stereocenters. The number of amides is 1. The Labute approximate surface area is 140 Å². The molecule has 5 heteroatoms. The van der Waals surface area contributed by atoms with Gasteiger partial charge in [0.1, 0.15) is 0 Å². The number of carbonyl (C=O) groups excluding carboxylic acids is 2. The minimum atomic E-state index is -0.151. The normalized spacial score (nSPS) is 10.5. The van der Waals surface area contributed by atoms with Crippen LogP contribution >= 0.6 is 0 Å². The van der Waals surface area contributed by atoms with E-state index in [1.54, 1.807) is 56.7 Å². The lowest BCUT2D eigenvalue weighted by Crippen LogP contribution is -2.05. The van der Waals surface area contributed by atoms with Crippen LogP contribution in [0.5, 0.6) is 11.5 Å². The van der Waals surface area contributed by atoms with Gasteiger partial charge in [0.05, 0.1) is 14.2 Å². The van der Waals surface area contributed by atoms with Crippen LogP contribution in [-0.2, 0) is 4.79 Å². The molecule has 0 aliphatic rings. The van der Waals surface area contributed by atoms with Crippen molar-refractivity contribution in [3.63, 3.8) is 0 Å². The fourth-order valence-electron chi connectivity index (χ4n) is 2.15. The smallest absolute Gasteiger partial charge is 0.221 e. The van der Waals surface area contributed by atoms with E-state index in [1.165, 1.54) is 13.0 Å². The van der Waals surface area contributed by atoms with Crippen molar-refractivity contribution < 1.29 is 19.1 Å². The largest absolute Gasteiger partial charge is 0.493 e. The lowest BCUT2D eigenvalue weighted by atomic mass is 10.1. The Hall–Kier alpha value is -3.08. The number of anilines is 1. The van der Waals surface area contributed by atoms with Gasteiger partial charge in [-0.3, -0.25) is 9.59 Å². The molecule has 24 heavy (non-hydrogen) atoms. The second kappa shape index (κ2) is 7.97. The van der Waals surface area contributed by atoms with E-state index in [0.29, 0.717) is 22.7 Å². The number of allylic oxidation sites excluding steroid dienone is 1. The minimum Gasteiger partial charge on any atom is -0.493 e. The van der Waals surface area contributed by atoms with E-state index in [4.69, 9.17) is 9.47 Å². The first-order chi connectivity index (χ1) is 11.5. The Morgan fingerprint density at radius 3 is 2.21 bits per heavy atom. The third-order valence-electron chi connectivity index (χ3n) is 3.32. The second-order valence-corrected chi connectivity index (χ2v) is 5.07. The third kappa shape index (κ3) is 4.46. The maximum absolute atomic E-state index is 12.2. The van der Waals surface area contributed by atoms with Crippen LogP contribution in [0.25, 0.3) is 6.08 Å². The summed E-state index contributed by atoms with van der Waals surface area (Å²) in [5.74, 6) is 0.961. The number of nitrogens with one attached hydrogen (secondary N) is 1. The summed E-state index contributed by atoms with van der Waals surface area (Å²) in [7, 11) is 3.13. The summed E-state index contributed by atoms with van der Waals surface area (Å²) in [6.45, 7) is 1.44. The standard InChI is InChI=1S/C19H19NO4/c1-13(21)20-16-8-6-15(7-9-16)17(22)10-4-14-5-11-18(23-2)19(12-14)24-3/h4-12H,1-3H3,(H,20,21)/b10-4+. The van der Waals surface area contributed by atoms with E-state index in [-0.39, 0.29) is 11.7 Å². The van der Waals surface area contributed by atoms with E-state index in [9.17, 15) is 9.59 Å². The Bertz CT molecular complexity index is 763. The predicted molar refractivity (Wildman–Crippen MR) is 93.7 cm³/mol. The summed E-state index contributed by atoms with van der Waals surface area (Å²) >= 11 is 0. The fraction of sp³-hybridized carbons (Fsp3) is 0.158. The molecule has 2 aromatic carbocycles. The van der Waals surface area contributed by atoms with Gasteiger partial charge in [0, 0.05) is 18.2 Å². The van der Waals surface area contributed by atoms with Gasteiger partial charge in [0.2, 0.25) is 5.91 Å². The quantitative estimate of drug-likeness (QED) is 0.651. The monoisotopic (exact) mass is 325 g/mol. The summed E-state index contributed by atoms with van der Waals surface area (Å²) in [4.78, 5) is 23.2. The highest BCUT2D eigenvalue weighted by Gasteiger charge is 2.05. The van der Waals surface area contributed by atoms with Crippen molar-refractivity contribution in [1.82, 2.24) is 0 Å². The van der Waals surface area contributed by atoms with Crippen LogP contribution in [0.3, 0.4) is 0 Å². The number of rotatable bonds is 6. The Morgan fingerprint density at radius 2 is 1.62 bits per heavy atom. The highest BCUT2D eigenvalue weighted by molar-refractivity contribution is 6.07. The van der Waals surface area contributed by atoms with Crippen molar-refractivity contribution in [3.05, 3.63) is 59.7 Å². The Kier molecular flexibility index (Phi) is 5.73. The summed E-state index contributed by atoms with van der Waals surface area (Å²) < 4.78 is 10.4. The van der Waals surface area contributed by atoms with Crippen molar-refractivity contribution in [2.75, 3.05) is 19.5 Å². The van der Waals surface area contributed by atoms with Crippen LogP contribution in [0, 0.1) is 0 Å². The molecule has 0 aromatic heterocycles. The molecule has 0 heterocycles. The topological polar surface area (TPSA) is 64.6 Å². The molecular weight excluding hydrogens is 306 g/mol. The number of benzene rings is 2. The van der Waals surface area contributed by atoms with Crippen LogP contribution < -0.4 is 14.8 Å². The van der Waals surface area contributed by atoms with Crippen molar-refractivity contribution in [3.8, 4) is 11.5 Å². The molecule has 0 saturated carbocycles. The van der Waals surface area contributed by atoms with Crippen molar-refractivity contribution in [1.29, 1.82) is 0 Å². The van der Waals surface area contributed by atoms with Gasteiger partial charge in [-0.25, -0.2) is 0 Å². The van der Waals surface area contributed by atoms with Gasteiger partial charge in [-0.1, -0.05) is 12.1 Å². The van der Waals surface area contributed by atoms with E-state index in [2.05, 4.69) is 5.32 Å². The summed E-state index contributed by atoms with van der Waals surface area (Å²) in [5.41, 5.74) is 2.03. The molecular formula is C19H19NO4. The number of carbonyl (C=O) groups is 2. The van der Waals surface area contributed by atoms with Crippen LogP contribution in [0.4, 0.5) is 5.69 Å². The highest BCUT2D eigenvalue weighted by atomic mass is 16.5. The highest BCUT2D eigenvalue weighted by Crippen LogP contribution is 2.28. The zero-order valence-electron chi connectivity index (χ0n) is 13.8. The average Bonchev–Trinajstić information content (AvgIpc) is 2.59. The molecule has 0 saturated heterocycles. The number of ketones is 1. The van der Waals surface area contributed by atoms with Crippen LogP contribution in [0.15, 0.2) is 48.5 Å². The first-order valence-corrected chi connectivity index (χ1v) is 7.35. The molecule has 0 aliphatic carbocycles. The molecule has 1 amide bonds. The molecule has 0 aliphatic heterocycles. The van der Waals surface area contributed by atoms with Crippen LogP contribution in [0.2, 0.25) is 0 Å². The summed E-state index contributed by atoms with van der Waals surface area (Å²) in [6.07, 6.45) is 3.21. The van der Waals surface area contributed by atoms with Gasteiger partial charge < -0.3 is 14.8 Å². The predicted octanol–water partition coefficient (Wildman–Crippen LogP) is 3.56. The molecule has 124 valence electrons. The lowest BCUT2D eigenvalue weighted by molar-refractivity contribution is -0.114. The zero-order chi connectivity index (χ0) is 17.5. The molecule has 5 nitrogen and oxygen atoms in total. The zero-order valence-corrected chi connectivity index (χ0v) is 13.8. The van der Waals surface area contributed by atoms with Crippen LogP contribution in [0.1, 0.15) is 22.8 Å². The number of hydrogen-bond acceptors (Lipinski definition) is 4.